The number of primary amides is 1. The Labute approximate surface area is 252 Å². The lowest BCUT2D eigenvalue weighted by molar-refractivity contribution is -0.148. The van der Waals surface area contributed by atoms with Gasteiger partial charge in [0, 0.05) is 23.6 Å². The van der Waals surface area contributed by atoms with Gasteiger partial charge < -0.3 is 35.9 Å². The quantitative estimate of drug-likeness (QED) is 0.221. The maximum absolute atomic E-state index is 14.0. The fraction of sp³-hybridized carbons (Fsp3) is 0.303. The van der Waals surface area contributed by atoms with Gasteiger partial charge in [0.15, 0.2) is 11.4 Å². The molecule has 0 aliphatic heterocycles. The standard InChI is InChI=1S/C33H33N3O8/c1-36(2)27-21-13-17-12-20-19(23-11-8-18(44-23)15-35-14-16-6-4-3-5-7-16)9-10-22(37)25(20)28(38)24(17)30(40)33(21,43)31(41)26(29(27)39)32(34)42/h3-11,17,21,27,35,37,39-40,43H,12-15H2,1-2H3,(H2,34,42)/t17-,21-,27-,33-/m0/s1. The van der Waals surface area contributed by atoms with Gasteiger partial charge in [0.25, 0.3) is 5.91 Å². The van der Waals surface area contributed by atoms with Gasteiger partial charge in [-0.15, -0.1) is 0 Å². The smallest absolute Gasteiger partial charge is 0.255 e. The number of nitrogens with one attached hydrogen (secondary N) is 1. The fourth-order valence-corrected chi connectivity index (χ4v) is 7.03. The van der Waals surface area contributed by atoms with Crippen LogP contribution in [0.15, 0.2) is 81.7 Å². The van der Waals surface area contributed by atoms with Crippen molar-refractivity contribution in [2.75, 3.05) is 14.1 Å². The summed E-state index contributed by atoms with van der Waals surface area (Å²) < 4.78 is 6.13. The number of hydrogen-bond acceptors (Lipinski definition) is 10. The largest absolute Gasteiger partial charge is 0.510 e. The number of furan rings is 1. The summed E-state index contributed by atoms with van der Waals surface area (Å²) in [6.07, 6.45) is 0.175. The molecule has 0 radical (unpaired) electrons. The number of phenolic OH excluding ortho intramolecular Hbond substituents is 1. The van der Waals surface area contributed by atoms with Crippen LogP contribution in [0.4, 0.5) is 0 Å². The normalized spacial score (nSPS) is 24.8. The second-order valence-corrected chi connectivity index (χ2v) is 11.8. The highest BCUT2D eigenvalue weighted by atomic mass is 16.4. The zero-order valence-corrected chi connectivity index (χ0v) is 24.2. The molecule has 228 valence electrons. The van der Waals surface area contributed by atoms with Gasteiger partial charge in [-0.05, 0) is 68.2 Å². The Morgan fingerprint density at radius 1 is 1.05 bits per heavy atom. The Hall–Kier alpha value is -4.71. The topological polar surface area (TPSA) is 187 Å². The van der Waals surface area contributed by atoms with E-state index >= 15 is 0 Å². The van der Waals surface area contributed by atoms with Crippen LogP contribution < -0.4 is 11.1 Å². The average molecular weight is 600 g/mol. The molecule has 7 N–H and O–H groups in total. The maximum Gasteiger partial charge on any atom is 0.255 e. The zero-order chi connectivity index (χ0) is 31.5. The molecule has 11 heteroatoms. The second kappa shape index (κ2) is 10.8. The summed E-state index contributed by atoms with van der Waals surface area (Å²) in [7, 11) is 3.18. The van der Waals surface area contributed by atoms with Gasteiger partial charge in [-0.1, -0.05) is 30.3 Å². The van der Waals surface area contributed by atoms with Crippen LogP contribution >= 0.6 is 0 Å². The molecule has 0 unspecified atom stereocenters. The number of nitrogens with two attached hydrogens (primary N) is 1. The van der Waals surface area contributed by atoms with Gasteiger partial charge in [-0.3, -0.25) is 19.3 Å². The predicted octanol–water partition coefficient (Wildman–Crippen LogP) is 2.67. The van der Waals surface area contributed by atoms with Crippen molar-refractivity contribution in [3.05, 3.63) is 99.7 Å². The minimum atomic E-state index is -2.68. The number of ketones is 2. The number of benzene rings is 2. The number of amides is 1. The molecule has 1 aromatic heterocycles. The van der Waals surface area contributed by atoms with Crippen molar-refractivity contribution < 1.29 is 39.2 Å². The van der Waals surface area contributed by atoms with E-state index in [0.717, 1.165) is 5.56 Å². The number of Topliss-reactive ketones (excluding diaryl/α,β-unsaturated/α-hetero) is 2. The van der Waals surface area contributed by atoms with E-state index in [1.807, 2.05) is 36.4 Å². The Balaban J connectivity index is 1.37. The summed E-state index contributed by atoms with van der Waals surface area (Å²) >= 11 is 0. The van der Waals surface area contributed by atoms with Crippen molar-refractivity contribution in [2.45, 2.75) is 37.6 Å². The number of aliphatic hydroxyl groups excluding tert-OH is 2. The summed E-state index contributed by atoms with van der Waals surface area (Å²) in [6, 6.07) is 15.5. The van der Waals surface area contributed by atoms with Crippen LogP contribution in [0.1, 0.15) is 33.7 Å². The lowest BCUT2D eigenvalue weighted by Crippen LogP contribution is -2.63. The molecule has 3 aromatic rings. The lowest BCUT2D eigenvalue weighted by atomic mass is 9.58. The van der Waals surface area contributed by atoms with E-state index in [1.165, 1.54) is 11.0 Å². The molecule has 6 rings (SSSR count). The zero-order valence-electron chi connectivity index (χ0n) is 24.2. The first-order valence-corrected chi connectivity index (χ1v) is 14.3. The van der Waals surface area contributed by atoms with Gasteiger partial charge in [-0.2, -0.15) is 0 Å². The van der Waals surface area contributed by atoms with E-state index in [9.17, 15) is 34.8 Å². The first-order valence-electron chi connectivity index (χ1n) is 14.3. The molecule has 0 saturated carbocycles. The van der Waals surface area contributed by atoms with Gasteiger partial charge >= 0.3 is 0 Å². The summed E-state index contributed by atoms with van der Waals surface area (Å²) in [5, 5.41) is 48.3. The summed E-state index contributed by atoms with van der Waals surface area (Å²) in [6.45, 7) is 1.11. The van der Waals surface area contributed by atoms with Crippen molar-refractivity contribution in [3.63, 3.8) is 0 Å². The lowest BCUT2D eigenvalue weighted by Gasteiger charge is -2.50. The molecule has 0 bridgehead atoms. The first kappa shape index (κ1) is 29.4. The summed E-state index contributed by atoms with van der Waals surface area (Å²) in [5.41, 5.74) is 3.81. The SMILES string of the molecule is CN(C)[C@@H]1C(O)=C(C(N)=O)C(=O)[C@@]2(O)C(O)=C3C(=O)c4c(O)ccc(-c5ccc(CNCc6ccccc6)o5)c4C[C@H]3C[C@@H]12. The van der Waals surface area contributed by atoms with Crippen LogP contribution in [-0.2, 0) is 29.1 Å². The number of hydrogen-bond donors (Lipinski definition) is 6. The number of aromatic hydroxyl groups is 1. The molecular formula is C33H33N3O8. The molecule has 0 saturated heterocycles. The third kappa shape index (κ3) is 4.43. The Bertz CT molecular complexity index is 1760. The Morgan fingerprint density at radius 3 is 2.45 bits per heavy atom. The average Bonchev–Trinajstić information content (AvgIpc) is 3.44. The third-order valence-electron chi connectivity index (χ3n) is 9.00. The minimum absolute atomic E-state index is 0.00761. The van der Waals surface area contributed by atoms with Gasteiger partial charge in [0.2, 0.25) is 5.78 Å². The minimum Gasteiger partial charge on any atom is -0.510 e. The fourth-order valence-electron chi connectivity index (χ4n) is 7.03. The highest BCUT2D eigenvalue weighted by Crippen LogP contribution is 2.53. The molecule has 11 nitrogen and oxygen atoms in total. The number of nitrogens with zero attached hydrogens (tertiary/aromatic N) is 1. The van der Waals surface area contributed by atoms with Crippen molar-refractivity contribution in [1.82, 2.24) is 10.2 Å². The van der Waals surface area contributed by atoms with E-state index in [2.05, 4.69) is 5.32 Å². The molecule has 3 aliphatic rings. The van der Waals surface area contributed by atoms with Crippen molar-refractivity contribution in [1.29, 1.82) is 0 Å². The number of likely N-dealkylation sites (N-methyl/N-ethyl adjacent to an activating group) is 1. The van der Waals surface area contributed by atoms with Crippen molar-refractivity contribution in [3.8, 4) is 17.1 Å². The monoisotopic (exact) mass is 599 g/mol. The van der Waals surface area contributed by atoms with E-state index in [1.54, 1.807) is 26.2 Å². The van der Waals surface area contributed by atoms with E-state index in [-0.39, 0.29) is 29.7 Å². The predicted molar refractivity (Wildman–Crippen MR) is 158 cm³/mol. The number of allylic oxidation sites excluding steroid dienone is 1. The van der Waals surface area contributed by atoms with Gasteiger partial charge in [0.05, 0.1) is 18.2 Å². The third-order valence-corrected chi connectivity index (χ3v) is 9.00. The Morgan fingerprint density at radius 2 is 1.77 bits per heavy atom. The van der Waals surface area contributed by atoms with Crippen LogP contribution in [0, 0.1) is 11.8 Å². The molecule has 44 heavy (non-hydrogen) atoms. The highest BCUT2D eigenvalue weighted by molar-refractivity contribution is 6.24. The molecule has 0 spiro atoms. The van der Waals surface area contributed by atoms with Crippen molar-refractivity contribution in [2.24, 2.45) is 17.6 Å². The van der Waals surface area contributed by atoms with Gasteiger partial charge in [-0.25, -0.2) is 0 Å². The van der Waals surface area contributed by atoms with Crippen LogP contribution in [0.5, 0.6) is 5.75 Å². The number of rotatable bonds is 7. The van der Waals surface area contributed by atoms with Crippen molar-refractivity contribution >= 4 is 17.5 Å². The molecule has 1 amide bonds. The molecular weight excluding hydrogens is 566 g/mol. The number of carbonyl (C=O) groups excluding carboxylic acids is 3. The summed E-state index contributed by atoms with van der Waals surface area (Å²) in [4.78, 5) is 41.1. The van der Waals surface area contributed by atoms with Gasteiger partial charge in [0.1, 0.15) is 34.4 Å². The molecule has 4 atom stereocenters. The number of phenols is 1. The Kier molecular flexibility index (Phi) is 7.19. The number of carbonyl (C=O) groups is 3. The first-order chi connectivity index (χ1) is 20.9. The summed E-state index contributed by atoms with van der Waals surface area (Å²) in [5.74, 6) is -5.72. The highest BCUT2D eigenvalue weighted by Gasteiger charge is 2.63. The number of aliphatic hydroxyl groups is 3. The molecule has 0 fully saturated rings. The maximum atomic E-state index is 14.0. The molecule has 1 heterocycles. The second-order valence-electron chi connectivity index (χ2n) is 11.8. The van der Waals surface area contributed by atoms with Crippen LogP contribution in [0.3, 0.4) is 0 Å². The van der Waals surface area contributed by atoms with E-state index < -0.39 is 58.0 Å². The molecule has 3 aliphatic carbocycles. The molecule has 2 aromatic carbocycles. The van der Waals surface area contributed by atoms with Crippen LogP contribution in [0.25, 0.3) is 11.3 Å². The number of fused-ring (bicyclic) bond motifs is 3. The van der Waals surface area contributed by atoms with Crippen LogP contribution in [-0.4, -0.2) is 68.5 Å². The van der Waals surface area contributed by atoms with E-state index in [4.69, 9.17) is 10.2 Å². The van der Waals surface area contributed by atoms with E-state index in [0.29, 0.717) is 35.7 Å². The van der Waals surface area contributed by atoms with Crippen LogP contribution in [0.2, 0.25) is 0 Å².